The first-order valence-electron chi connectivity index (χ1n) is 10.2. The van der Waals surface area contributed by atoms with Crippen molar-refractivity contribution in [3.8, 4) is 0 Å². The number of imide groups is 1. The summed E-state index contributed by atoms with van der Waals surface area (Å²) in [7, 11) is 0. The van der Waals surface area contributed by atoms with Crippen molar-refractivity contribution >= 4 is 17.8 Å². The van der Waals surface area contributed by atoms with Crippen molar-refractivity contribution in [1.29, 1.82) is 0 Å². The van der Waals surface area contributed by atoms with Crippen molar-refractivity contribution < 1.29 is 14.4 Å². The quantitative estimate of drug-likeness (QED) is 0.813. The van der Waals surface area contributed by atoms with Crippen LogP contribution in [-0.2, 0) is 11.3 Å². The van der Waals surface area contributed by atoms with E-state index < -0.39 is 5.54 Å². The average molecular weight is 392 g/mol. The molecule has 2 aromatic rings. The lowest BCUT2D eigenvalue weighted by Gasteiger charge is -2.42. The minimum Gasteiger partial charge on any atom is -0.340 e. The Bertz CT molecular complexity index is 955. The Morgan fingerprint density at radius 3 is 2.45 bits per heavy atom. The van der Waals surface area contributed by atoms with Gasteiger partial charge in [-0.1, -0.05) is 30.3 Å². The Balaban J connectivity index is 1.33. The number of likely N-dealkylation sites (tertiary alicyclic amines) is 1. The Morgan fingerprint density at radius 2 is 1.76 bits per heavy atom. The van der Waals surface area contributed by atoms with Crippen molar-refractivity contribution in [2.24, 2.45) is 0 Å². The molecule has 3 fully saturated rings. The van der Waals surface area contributed by atoms with Gasteiger partial charge in [-0.05, 0) is 43.4 Å². The fourth-order valence-corrected chi connectivity index (χ4v) is 4.57. The van der Waals surface area contributed by atoms with Gasteiger partial charge >= 0.3 is 6.03 Å². The number of hydrogen-bond acceptors (Lipinski definition) is 3. The van der Waals surface area contributed by atoms with Crippen LogP contribution in [0.4, 0.5) is 4.79 Å². The summed E-state index contributed by atoms with van der Waals surface area (Å²) in [5.41, 5.74) is 0.830. The van der Waals surface area contributed by atoms with Crippen LogP contribution in [-0.4, -0.2) is 50.8 Å². The molecule has 1 aromatic heterocycles. The average Bonchev–Trinajstić information content (AvgIpc) is 3.43. The molecule has 1 saturated carbocycles. The maximum Gasteiger partial charge on any atom is 0.325 e. The van der Waals surface area contributed by atoms with E-state index >= 15 is 0 Å². The van der Waals surface area contributed by atoms with E-state index in [0.29, 0.717) is 38.5 Å². The van der Waals surface area contributed by atoms with Crippen LogP contribution in [0, 0.1) is 0 Å². The summed E-state index contributed by atoms with van der Waals surface area (Å²) >= 11 is 0. The van der Waals surface area contributed by atoms with E-state index in [9.17, 15) is 14.4 Å². The Labute approximate surface area is 169 Å². The molecular formula is C22H24N4O3. The Morgan fingerprint density at radius 1 is 1.03 bits per heavy atom. The minimum atomic E-state index is -0.873. The second-order valence-corrected chi connectivity index (χ2v) is 8.19. The Kier molecular flexibility index (Phi) is 4.19. The summed E-state index contributed by atoms with van der Waals surface area (Å²) in [4.78, 5) is 41.8. The zero-order valence-corrected chi connectivity index (χ0v) is 16.2. The van der Waals surface area contributed by atoms with Crippen molar-refractivity contribution in [3.63, 3.8) is 0 Å². The molecule has 1 spiro atoms. The molecule has 4 amide bonds. The van der Waals surface area contributed by atoms with E-state index in [1.54, 1.807) is 4.90 Å². The summed E-state index contributed by atoms with van der Waals surface area (Å²) in [5.74, 6) is -0.233. The summed E-state index contributed by atoms with van der Waals surface area (Å²) in [5, 5.41) is 2.49. The van der Waals surface area contributed by atoms with Crippen LogP contribution in [0.2, 0.25) is 0 Å². The van der Waals surface area contributed by atoms with Crippen LogP contribution in [0.25, 0.3) is 0 Å². The van der Waals surface area contributed by atoms with E-state index in [2.05, 4.69) is 9.88 Å². The smallest absolute Gasteiger partial charge is 0.325 e. The first kappa shape index (κ1) is 18.0. The fourth-order valence-electron chi connectivity index (χ4n) is 4.57. The van der Waals surface area contributed by atoms with E-state index in [4.69, 9.17) is 0 Å². The third kappa shape index (κ3) is 3.01. The topological polar surface area (TPSA) is 74.6 Å². The van der Waals surface area contributed by atoms with Gasteiger partial charge in [-0.2, -0.15) is 0 Å². The molecular weight excluding hydrogens is 368 g/mol. The summed E-state index contributed by atoms with van der Waals surface area (Å²) in [6.45, 7) is 1.30. The van der Waals surface area contributed by atoms with Gasteiger partial charge in [0.1, 0.15) is 11.2 Å². The molecule has 2 saturated heterocycles. The van der Waals surface area contributed by atoms with Gasteiger partial charge in [-0.15, -0.1) is 0 Å². The molecule has 2 aliphatic heterocycles. The third-order valence-corrected chi connectivity index (χ3v) is 6.40. The first-order chi connectivity index (χ1) is 14.1. The second kappa shape index (κ2) is 6.76. The van der Waals surface area contributed by atoms with Gasteiger partial charge < -0.3 is 14.4 Å². The third-order valence-electron chi connectivity index (χ3n) is 6.40. The highest BCUT2D eigenvalue weighted by Crippen LogP contribution is 2.38. The lowest BCUT2D eigenvalue weighted by atomic mass is 9.85. The number of urea groups is 1. The lowest BCUT2D eigenvalue weighted by molar-refractivity contribution is -0.129. The van der Waals surface area contributed by atoms with E-state index in [1.165, 1.54) is 0 Å². The molecule has 3 aliphatic rings. The number of amides is 4. The van der Waals surface area contributed by atoms with Crippen molar-refractivity contribution in [2.45, 2.75) is 43.8 Å². The number of rotatable bonds is 4. The van der Waals surface area contributed by atoms with Crippen LogP contribution in [0.3, 0.4) is 0 Å². The highest BCUT2D eigenvalue weighted by atomic mass is 16.2. The standard InChI is InChI=1S/C22H24N4O3/c27-19(18-7-4-12-25(18)17-8-9-17)24-13-10-22(11-14-24)20(28)23-21(29)26(22)15-16-5-2-1-3-6-16/h1-7,12,17H,8-11,13-15H2,(H,23,28,29). The molecule has 7 heteroatoms. The summed E-state index contributed by atoms with van der Waals surface area (Å²) < 4.78 is 2.07. The highest BCUT2D eigenvalue weighted by molar-refractivity contribution is 6.07. The van der Waals surface area contributed by atoms with E-state index in [0.717, 1.165) is 24.1 Å². The van der Waals surface area contributed by atoms with Crippen molar-refractivity contribution in [3.05, 3.63) is 59.9 Å². The lowest BCUT2D eigenvalue weighted by Crippen LogP contribution is -2.57. The molecule has 0 radical (unpaired) electrons. The van der Waals surface area contributed by atoms with Gasteiger partial charge in [-0.25, -0.2) is 4.79 Å². The summed E-state index contributed by atoms with van der Waals surface area (Å²) in [6.07, 6.45) is 5.12. The number of nitrogens with zero attached hydrogens (tertiary/aromatic N) is 3. The second-order valence-electron chi connectivity index (χ2n) is 8.19. The first-order valence-corrected chi connectivity index (χ1v) is 10.2. The van der Waals surface area contributed by atoms with Gasteiger partial charge in [-0.3, -0.25) is 14.9 Å². The normalized spacial score (nSPS) is 21.0. The van der Waals surface area contributed by atoms with E-state index in [1.807, 2.05) is 53.6 Å². The van der Waals surface area contributed by atoms with Crippen LogP contribution < -0.4 is 5.32 Å². The highest BCUT2D eigenvalue weighted by Gasteiger charge is 2.54. The monoisotopic (exact) mass is 392 g/mol. The predicted octanol–water partition coefficient (Wildman–Crippen LogP) is 2.55. The van der Waals surface area contributed by atoms with Crippen LogP contribution in [0.15, 0.2) is 48.7 Å². The molecule has 7 nitrogen and oxygen atoms in total. The molecule has 0 bridgehead atoms. The van der Waals surface area contributed by atoms with Gasteiger partial charge in [0.15, 0.2) is 0 Å². The molecule has 150 valence electrons. The largest absolute Gasteiger partial charge is 0.340 e. The molecule has 1 aliphatic carbocycles. The molecule has 29 heavy (non-hydrogen) atoms. The van der Waals surface area contributed by atoms with Crippen molar-refractivity contribution in [2.75, 3.05) is 13.1 Å². The van der Waals surface area contributed by atoms with Gasteiger partial charge in [0.25, 0.3) is 11.8 Å². The van der Waals surface area contributed by atoms with Crippen molar-refractivity contribution in [1.82, 2.24) is 19.7 Å². The maximum atomic E-state index is 13.1. The van der Waals surface area contributed by atoms with Crippen LogP contribution in [0.5, 0.6) is 0 Å². The maximum absolute atomic E-state index is 13.1. The minimum absolute atomic E-state index is 0.0103. The number of aromatic nitrogens is 1. The molecule has 0 unspecified atom stereocenters. The molecule has 1 N–H and O–H groups in total. The van der Waals surface area contributed by atoms with Gasteiger partial charge in [0.2, 0.25) is 0 Å². The van der Waals surface area contributed by atoms with Crippen LogP contribution in [0.1, 0.15) is 47.8 Å². The molecule has 5 rings (SSSR count). The van der Waals surface area contributed by atoms with Gasteiger partial charge in [0.05, 0.1) is 0 Å². The molecule has 0 atom stereocenters. The van der Waals surface area contributed by atoms with Gasteiger partial charge in [0, 0.05) is 31.9 Å². The zero-order valence-electron chi connectivity index (χ0n) is 16.2. The number of carbonyl (C=O) groups excluding carboxylic acids is 3. The SMILES string of the molecule is O=C(c1cccn1C1CC1)N1CCC2(CC1)C(=O)NC(=O)N2Cc1ccccc1. The number of piperidine rings is 1. The zero-order chi connectivity index (χ0) is 20.0. The van der Waals surface area contributed by atoms with Crippen LogP contribution >= 0.6 is 0 Å². The fraction of sp³-hybridized carbons (Fsp3) is 0.409. The van der Waals surface area contributed by atoms with E-state index in [-0.39, 0.29) is 17.8 Å². The number of nitrogens with one attached hydrogen (secondary N) is 1. The number of carbonyl (C=O) groups is 3. The molecule has 1 aromatic carbocycles. The number of hydrogen-bond donors (Lipinski definition) is 1. The molecule has 3 heterocycles. The Hall–Kier alpha value is -3.09. The predicted molar refractivity (Wildman–Crippen MR) is 106 cm³/mol. The summed E-state index contributed by atoms with van der Waals surface area (Å²) in [6, 6.07) is 13.6. The number of benzene rings is 1.